The maximum absolute atomic E-state index is 12.4. The number of aryl methyl sites for hydroxylation is 1. The highest BCUT2D eigenvalue weighted by Crippen LogP contribution is 2.36. The van der Waals surface area contributed by atoms with E-state index in [0.717, 1.165) is 60.9 Å². The molecular formula is C21H26N4O3. The first kappa shape index (κ1) is 18.7. The fourth-order valence-electron chi connectivity index (χ4n) is 4.58. The van der Waals surface area contributed by atoms with Crippen LogP contribution in [-0.2, 0) is 21.4 Å². The first-order valence-corrected chi connectivity index (χ1v) is 10.1. The van der Waals surface area contributed by atoms with Crippen molar-refractivity contribution in [2.45, 2.75) is 44.4 Å². The van der Waals surface area contributed by atoms with Gasteiger partial charge in [-0.05, 0) is 37.7 Å². The summed E-state index contributed by atoms with van der Waals surface area (Å²) in [5.41, 5.74) is 2.93. The molecule has 1 atom stereocenters. The molecule has 7 heteroatoms. The molecule has 2 aromatic rings. The lowest BCUT2D eigenvalue weighted by Crippen LogP contribution is -2.39. The number of fused-ring (bicyclic) bond motifs is 1. The van der Waals surface area contributed by atoms with Crippen LogP contribution in [0.1, 0.15) is 50.1 Å². The maximum Gasteiger partial charge on any atom is 0.235 e. The van der Waals surface area contributed by atoms with E-state index >= 15 is 0 Å². The van der Waals surface area contributed by atoms with Gasteiger partial charge in [-0.1, -0.05) is 12.1 Å². The van der Waals surface area contributed by atoms with Gasteiger partial charge in [0.2, 0.25) is 11.8 Å². The van der Waals surface area contributed by atoms with Gasteiger partial charge in [0.1, 0.15) is 6.29 Å². The molecule has 0 radical (unpaired) electrons. The minimum absolute atomic E-state index is 0.209. The van der Waals surface area contributed by atoms with Crippen molar-refractivity contribution >= 4 is 34.7 Å². The van der Waals surface area contributed by atoms with Crippen LogP contribution in [0.25, 0.3) is 10.9 Å². The number of imide groups is 1. The van der Waals surface area contributed by atoms with Gasteiger partial charge in [0.15, 0.2) is 0 Å². The zero-order chi connectivity index (χ0) is 19.7. The Hall–Kier alpha value is -2.70. The summed E-state index contributed by atoms with van der Waals surface area (Å²) < 4.78 is 1.86. The van der Waals surface area contributed by atoms with Gasteiger partial charge in [0.05, 0.1) is 22.8 Å². The number of piperidine rings is 2. The Morgan fingerprint density at radius 1 is 1.21 bits per heavy atom. The number of anilines is 1. The Bertz CT molecular complexity index is 912. The first-order chi connectivity index (χ1) is 13.6. The van der Waals surface area contributed by atoms with E-state index in [-0.39, 0.29) is 17.7 Å². The molecule has 148 valence electrons. The molecule has 2 aliphatic rings. The van der Waals surface area contributed by atoms with Gasteiger partial charge < -0.3 is 9.69 Å². The summed E-state index contributed by atoms with van der Waals surface area (Å²) in [4.78, 5) is 36.8. The molecule has 0 bridgehead atoms. The standard InChI is InChI=1S/C21H26N4O3/c1-24-20-15(19(23-24)16-7-8-18(27)22-21(16)28)5-2-6-17(20)25-11-9-14(10-12-25)4-3-13-26/h2,5-6,13-14,16H,3-4,7-12H2,1H3,(H,22,27,28). The van der Waals surface area contributed by atoms with Crippen molar-refractivity contribution < 1.29 is 14.4 Å². The number of amides is 2. The monoisotopic (exact) mass is 382 g/mol. The average molecular weight is 382 g/mol. The van der Waals surface area contributed by atoms with E-state index in [0.29, 0.717) is 25.2 Å². The van der Waals surface area contributed by atoms with Gasteiger partial charge in [-0.15, -0.1) is 0 Å². The van der Waals surface area contributed by atoms with Gasteiger partial charge in [-0.2, -0.15) is 5.10 Å². The number of hydrogen-bond donors (Lipinski definition) is 1. The number of nitrogens with one attached hydrogen (secondary N) is 1. The van der Waals surface area contributed by atoms with Crippen LogP contribution in [0.2, 0.25) is 0 Å². The smallest absolute Gasteiger partial charge is 0.235 e. The van der Waals surface area contributed by atoms with E-state index < -0.39 is 0 Å². The molecule has 3 heterocycles. The van der Waals surface area contributed by atoms with E-state index in [1.54, 1.807) is 0 Å². The number of carbonyl (C=O) groups is 3. The zero-order valence-electron chi connectivity index (χ0n) is 16.2. The predicted octanol–water partition coefficient (Wildman–Crippen LogP) is 2.29. The number of benzene rings is 1. The molecule has 0 saturated carbocycles. The number of carbonyl (C=O) groups excluding carboxylic acids is 3. The van der Waals surface area contributed by atoms with Crippen molar-refractivity contribution in [1.29, 1.82) is 0 Å². The van der Waals surface area contributed by atoms with Gasteiger partial charge in [0, 0.05) is 38.4 Å². The summed E-state index contributed by atoms with van der Waals surface area (Å²) in [6.07, 6.45) is 5.67. The van der Waals surface area contributed by atoms with Crippen molar-refractivity contribution in [3.63, 3.8) is 0 Å². The fraction of sp³-hybridized carbons (Fsp3) is 0.524. The predicted molar refractivity (Wildman–Crippen MR) is 106 cm³/mol. The third-order valence-electron chi connectivity index (χ3n) is 6.09. The number of rotatable bonds is 5. The van der Waals surface area contributed by atoms with Crippen molar-refractivity contribution in [2.24, 2.45) is 13.0 Å². The third kappa shape index (κ3) is 3.41. The van der Waals surface area contributed by atoms with Crippen LogP contribution < -0.4 is 10.2 Å². The Balaban J connectivity index is 1.61. The van der Waals surface area contributed by atoms with E-state index in [2.05, 4.69) is 21.4 Å². The number of aldehydes is 1. The topological polar surface area (TPSA) is 84.3 Å². The van der Waals surface area contributed by atoms with Crippen LogP contribution in [0.3, 0.4) is 0 Å². The van der Waals surface area contributed by atoms with Gasteiger partial charge in [0.25, 0.3) is 0 Å². The molecule has 7 nitrogen and oxygen atoms in total. The molecule has 28 heavy (non-hydrogen) atoms. The Kier molecular flexibility index (Phi) is 5.15. The molecule has 0 spiro atoms. The number of aromatic nitrogens is 2. The van der Waals surface area contributed by atoms with Crippen LogP contribution in [0.5, 0.6) is 0 Å². The van der Waals surface area contributed by atoms with Gasteiger partial charge >= 0.3 is 0 Å². The molecule has 2 aliphatic heterocycles. The summed E-state index contributed by atoms with van der Waals surface area (Å²) in [7, 11) is 1.91. The van der Waals surface area contributed by atoms with Crippen LogP contribution in [0.15, 0.2) is 18.2 Å². The molecule has 1 aromatic heterocycles. The summed E-state index contributed by atoms with van der Waals surface area (Å²) in [6.45, 7) is 1.92. The molecule has 2 amide bonds. The normalized spacial score (nSPS) is 21.2. The number of para-hydroxylation sites is 1. The Morgan fingerprint density at radius 2 is 2.00 bits per heavy atom. The van der Waals surface area contributed by atoms with Crippen molar-refractivity contribution in [3.8, 4) is 0 Å². The van der Waals surface area contributed by atoms with E-state index in [9.17, 15) is 14.4 Å². The molecule has 1 unspecified atom stereocenters. The highest BCUT2D eigenvalue weighted by molar-refractivity contribution is 6.03. The molecule has 4 rings (SSSR count). The highest BCUT2D eigenvalue weighted by Gasteiger charge is 2.32. The SMILES string of the molecule is Cn1nc(C2CCC(=O)NC2=O)c2cccc(N3CCC(CCC=O)CC3)c21. The summed E-state index contributed by atoms with van der Waals surface area (Å²) in [5.74, 6) is -0.228. The molecule has 1 aromatic carbocycles. The molecule has 2 saturated heterocycles. The second kappa shape index (κ2) is 7.73. The second-order valence-electron chi connectivity index (χ2n) is 7.86. The van der Waals surface area contributed by atoms with Crippen molar-refractivity contribution in [1.82, 2.24) is 15.1 Å². The lowest BCUT2D eigenvalue weighted by Gasteiger charge is -2.34. The summed E-state index contributed by atoms with van der Waals surface area (Å²) in [6, 6.07) is 6.15. The van der Waals surface area contributed by atoms with Gasteiger partial charge in [-0.3, -0.25) is 19.6 Å². The average Bonchev–Trinajstić information content (AvgIpc) is 3.03. The van der Waals surface area contributed by atoms with Crippen LogP contribution in [0, 0.1) is 5.92 Å². The van der Waals surface area contributed by atoms with Crippen LogP contribution in [-0.4, -0.2) is 41.0 Å². The minimum Gasteiger partial charge on any atom is -0.370 e. The van der Waals surface area contributed by atoms with Crippen molar-refractivity contribution in [3.05, 3.63) is 23.9 Å². The molecule has 0 aliphatic carbocycles. The van der Waals surface area contributed by atoms with E-state index in [1.165, 1.54) is 0 Å². The first-order valence-electron chi connectivity index (χ1n) is 10.1. The van der Waals surface area contributed by atoms with Crippen LogP contribution in [0.4, 0.5) is 5.69 Å². The van der Waals surface area contributed by atoms with E-state index in [1.807, 2.05) is 23.9 Å². The zero-order valence-corrected chi connectivity index (χ0v) is 16.2. The lowest BCUT2D eigenvalue weighted by molar-refractivity contribution is -0.134. The molecule has 1 N–H and O–H groups in total. The Labute approximate surface area is 164 Å². The fourth-order valence-corrected chi connectivity index (χ4v) is 4.58. The highest BCUT2D eigenvalue weighted by atomic mass is 16.2. The lowest BCUT2D eigenvalue weighted by atomic mass is 9.91. The number of nitrogens with zero attached hydrogens (tertiary/aromatic N) is 3. The van der Waals surface area contributed by atoms with Crippen LogP contribution >= 0.6 is 0 Å². The minimum atomic E-state index is -0.384. The summed E-state index contributed by atoms with van der Waals surface area (Å²) >= 11 is 0. The molecular weight excluding hydrogens is 356 g/mol. The maximum atomic E-state index is 12.4. The van der Waals surface area contributed by atoms with E-state index in [4.69, 9.17) is 0 Å². The summed E-state index contributed by atoms with van der Waals surface area (Å²) in [5, 5.41) is 8.10. The van der Waals surface area contributed by atoms with Gasteiger partial charge in [-0.25, -0.2) is 0 Å². The largest absolute Gasteiger partial charge is 0.370 e. The third-order valence-corrected chi connectivity index (χ3v) is 6.09. The second-order valence-corrected chi connectivity index (χ2v) is 7.86. The quantitative estimate of drug-likeness (QED) is 0.634. The van der Waals surface area contributed by atoms with Crippen molar-refractivity contribution in [2.75, 3.05) is 18.0 Å². The Morgan fingerprint density at radius 3 is 2.71 bits per heavy atom. The molecule has 2 fully saturated rings. The number of hydrogen-bond acceptors (Lipinski definition) is 5.